The standard InChI is InChI=1S/C11H14N2O.C2H6/c1-8-5-10-3-4-12-6-11(10)7-13(8)9(2)14;1-2/h3-4,6,8H,5,7H2,1-2H3;1-2H3. The van der Waals surface area contributed by atoms with Crippen molar-refractivity contribution in [2.24, 2.45) is 0 Å². The van der Waals surface area contributed by atoms with Gasteiger partial charge in [-0.1, -0.05) is 13.8 Å². The third-order valence-electron chi connectivity index (χ3n) is 2.80. The third-order valence-corrected chi connectivity index (χ3v) is 2.80. The van der Waals surface area contributed by atoms with E-state index >= 15 is 0 Å². The van der Waals surface area contributed by atoms with E-state index in [1.807, 2.05) is 37.2 Å². The van der Waals surface area contributed by atoms with Crippen molar-refractivity contribution in [1.82, 2.24) is 9.88 Å². The number of hydrogen-bond acceptors (Lipinski definition) is 2. The molecule has 1 aromatic rings. The van der Waals surface area contributed by atoms with E-state index in [1.54, 1.807) is 6.92 Å². The van der Waals surface area contributed by atoms with Crippen LogP contribution in [0.1, 0.15) is 38.8 Å². The molecule has 2 heterocycles. The summed E-state index contributed by atoms with van der Waals surface area (Å²) in [5.74, 6) is 0.145. The molecule has 0 bridgehead atoms. The van der Waals surface area contributed by atoms with Crippen molar-refractivity contribution in [2.45, 2.75) is 46.7 Å². The Bertz CT molecular complexity index is 363. The lowest BCUT2D eigenvalue weighted by molar-refractivity contribution is -0.131. The fourth-order valence-electron chi connectivity index (χ4n) is 1.99. The molecule has 0 aliphatic carbocycles. The molecular weight excluding hydrogens is 200 g/mol. The van der Waals surface area contributed by atoms with Gasteiger partial charge in [-0.2, -0.15) is 0 Å². The zero-order chi connectivity index (χ0) is 12.1. The van der Waals surface area contributed by atoms with E-state index < -0.39 is 0 Å². The van der Waals surface area contributed by atoms with E-state index in [-0.39, 0.29) is 5.91 Å². The Kier molecular flexibility index (Phi) is 4.47. The van der Waals surface area contributed by atoms with E-state index in [9.17, 15) is 4.79 Å². The molecule has 0 saturated carbocycles. The zero-order valence-electron chi connectivity index (χ0n) is 10.5. The second-order valence-electron chi connectivity index (χ2n) is 3.84. The summed E-state index contributed by atoms with van der Waals surface area (Å²) in [5.41, 5.74) is 2.51. The normalized spacial score (nSPS) is 18.2. The van der Waals surface area contributed by atoms with Crippen LogP contribution in [0.5, 0.6) is 0 Å². The molecule has 1 aliphatic heterocycles. The van der Waals surface area contributed by atoms with Crippen LogP contribution in [0.2, 0.25) is 0 Å². The van der Waals surface area contributed by atoms with Crippen molar-refractivity contribution in [1.29, 1.82) is 0 Å². The quantitative estimate of drug-likeness (QED) is 0.672. The van der Waals surface area contributed by atoms with Crippen molar-refractivity contribution in [3.05, 3.63) is 29.6 Å². The smallest absolute Gasteiger partial charge is 0.219 e. The molecule has 0 N–H and O–H groups in total. The Morgan fingerprint density at radius 1 is 1.44 bits per heavy atom. The van der Waals surface area contributed by atoms with Crippen LogP contribution in [-0.4, -0.2) is 21.8 Å². The lowest BCUT2D eigenvalue weighted by atomic mass is 9.97. The summed E-state index contributed by atoms with van der Waals surface area (Å²) >= 11 is 0. The van der Waals surface area contributed by atoms with Crippen LogP contribution >= 0.6 is 0 Å². The number of hydrogen-bond donors (Lipinski definition) is 0. The highest BCUT2D eigenvalue weighted by molar-refractivity contribution is 5.74. The van der Waals surface area contributed by atoms with Crippen LogP contribution in [0, 0.1) is 0 Å². The molecule has 88 valence electrons. The molecule has 16 heavy (non-hydrogen) atoms. The summed E-state index contributed by atoms with van der Waals surface area (Å²) in [4.78, 5) is 17.3. The number of aromatic nitrogens is 1. The fraction of sp³-hybridized carbons (Fsp3) is 0.538. The molecule has 3 nitrogen and oxygen atoms in total. The van der Waals surface area contributed by atoms with Gasteiger partial charge in [-0.3, -0.25) is 9.78 Å². The Morgan fingerprint density at radius 2 is 2.12 bits per heavy atom. The molecule has 1 aromatic heterocycles. The molecule has 0 spiro atoms. The summed E-state index contributed by atoms with van der Waals surface area (Å²) < 4.78 is 0. The van der Waals surface area contributed by atoms with Gasteiger partial charge < -0.3 is 4.90 Å². The number of amides is 1. The van der Waals surface area contributed by atoms with Crippen molar-refractivity contribution >= 4 is 5.91 Å². The van der Waals surface area contributed by atoms with Crippen LogP contribution in [0.25, 0.3) is 0 Å². The Balaban J connectivity index is 0.000000606. The number of nitrogens with zero attached hydrogens (tertiary/aromatic N) is 2. The maximum Gasteiger partial charge on any atom is 0.219 e. The molecule has 1 aliphatic rings. The first-order chi connectivity index (χ1) is 7.68. The van der Waals surface area contributed by atoms with Crippen molar-refractivity contribution in [3.8, 4) is 0 Å². The van der Waals surface area contributed by atoms with Gasteiger partial charge >= 0.3 is 0 Å². The van der Waals surface area contributed by atoms with E-state index in [2.05, 4.69) is 11.9 Å². The summed E-state index contributed by atoms with van der Waals surface area (Å²) in [6, 6.07) is 2.35. The van der Waals surface area contributed by atoms with Gasteiger partial charge in [0.2, 0.25) is 5.91 Å². The number of rotatable bonds is 0. The molecule has 0 saturated heterocycles. The highest BCUT2D eigenvalue weighted by Gasteiger charge is 2.24. The van der Waals surface area contributed by atoms with Gasteiger partial charge in [-0.25, -0.2) is 0 Å². The van der Waals surface area contributed by atoms with Crippen LogP contribution in [0.4, 0.5) is 0 Å². The SMILES string of the molecule is CC.CC(=O)N1Cc2cnccc2CC1C. The van der Waals surface area contributed by atoms with Gasteiger partial charge in [0.25, 0.3) is 0 Å². The summed E-state index contributed by atoms with van der Waals surface area (Å²) in [5, 5.41) is 0. The van der Waals surface area contributed by atoms with Gasteiger partial charge in [-0.05, 0) is 30.5 Å². The van der Waals surface area contributed by atoms with Gasteiger partial charge in [0.15, 0.2) is 0 Å². The fourth-order valence-corrected chi connectivity index (χ4v) is 1.99. The highest BCUT2D eigenvalue weighted by atomic mass is 16.2. The predicted octanol–water partition coefficient (Wildman–Crippen LogP) is 2.40. The molecule has 0 aromatic carbocycles. The highest BCUT2D eigenvalue weighted by Crippen LogP contribution is 2.21. The minimum atomic E-state index is 0.145. The minimum absolute atomic E-state index is 0.145. The third kappa shape index (κ3) is 2.60. The lowest BCUT2D eigenvalue weighted by Gasteiger charge is -2.33. The predicted molar refractivity (Wildman–Crippen MR) is 65.0 cm³/mol. The largest absolute Gasteiger partial charge is 0.336 e. The van der Waals surface area contributed by atoms with E-state index in [1.165, 1.54) is 11.1 Å². The molecule has 3 heteroatoms. The Hall–Kier alpha value is -1.38. The average molecular weight is 220 g/mol. The van der Waals surface area contributed by atoms with Crippen LogP contribution in [0.15, 0.2) is 18.5 Å². The summed E-state index contributed by atoms with van der Waals surface area (Å²) in [6.45, 7) is 8.42. The number of pyridine rings is 1. The number of carbonyl (C=O) groups is 1. The van der Waals surface area contributed by atoms with Gasteiger partial charge in [0.05, 0.1) is 0 Å². The molecule has 0 radical (unpaired) electrons. The molecule has 2 rings (SSSR count). The maximum atomic E-state index is 11.3. The maximum absolute atomic E-state index is 11.3. The second-order valence-corrected chi connectivity index (χ2v) is 3.84. The Labute approximate surface area is 97.5 Å². The van der Waals surface area contributed by atoms with Crippen molar-refractivity contribution in [3.63, 3.8) is 0 Å². The molecule has 1 atom stereocenters. The van der Waals surface area contributed by atoms with E-state index in [0.717, 1.165) is 6.42 Å². The summed E-state index contributed by atoms with van der Waals surface area (Å²) in [7, 11) is 0. The minimum Gasteiger partial charge on any atom is -0.336 e. The first-order valence-electron chi connectivity index (χ1n) is 5.87. The molecular formula is C13H20N2O. The van der Waals surface area contributed by atoms with Crippen LogP contribution in [0.3, 0.4) is 0 Å². The monoisotopic (exact) mass is 220 g/mol. The van der Waals surface area contributed by atoms with Gasteiger partial charge in [-0.15, -0.1) is 0 Å². The number of carbonyl (C=O) groups excluding carboxylic acids is 1. The lowest BCUT2D eigenvalue weighted by Crippen LogP contribution is -2.41. The van der Waals surface area contributed by atoms with Gasteiger partial charge in [0, 0.05) is 31.9 Å². The molecule has 1 unspecified atom stereocenters. The molecule has 0 fully saturated rings. The summed E-state index contributed by atoms with van der Waals surface area (Å²) in [6.07, 6.45) is 4.61. The average Bonchev–Trinajstić information content (AvgIpc) is 2.30. The molecule has 1 amide bonds. The number of fused-ring (bicyclic) bond motifs is 1. The van der Waals surface area contributed by atoms with E-state index in [0.29, 0.717) is 12.6 Å². The van der Waals surface area contributed by atoms with E-state index in [4.69, 9.17) is 0 Å². The zero-order valence-corrected chi connectivity index (χ0v) is 10.5. The van der Waals surface area contributed by atoms with Gasteiger partial charge in [0.1, 0.15) is 0 Å². The van der Waals surface area contributed by atoms with Crippen LogP contribution < -0.4 is 0 Å². The first-order valence-corrected chi connectivity index (χ1v) is 5.87. The Morgan fingerprint density at radius 3 is 2.75 bits per heavy atom. The van der Waals surface area contributed by atoms with Crippen molar-refractivity contribution < 1.29 is 4.79 Å². The second kappa shape index (κ2) is 5.64. The van der Waals surface area contributed by atoms with Crippen molar-refractivity contribution in [2.75, 3.05) is 0 Å². The topological polar surface area (TPSA) is 33.2 Å². The van der Waals surface area contributed by atoms with Crippen LogP contribution in [-0.2, 0) is 17.8 Å². The first kappa shape index (κ1) is 12.7.